The molecular formula is C9H8ClN3. The summed E-state index contributed by atoms with van der Waals surface area (Å²) in [7, 11) is 1.90. The Balaban J connectivity index is 2.48. The molecule has 0 aliphatic rings. The zero-order valence-electron chi connectivity index (χ0n) is 7.11. The summed E-state index contributed by atoms with van der Waals surface area (Å²) in [5, 5.41) is 0.707. The Morgan fingerprint density at radius 3 is 2.46 bits per heavy atom. The molecule has 0 unspecified atom stereocenters. The van der Waals surface area contributed by atoms with E-state index in [1.165, 1.54) is 6.33 Å². The summed E-state index contributed by atoms with van der Waals surface area (Å²) in [6.07, 6.45) is 6.98. The summed E-state index contributed by atoms with van der Waals surface area (Å²) in [5.74, 6) is 0. The molecule has 0 aliphatic heterocycles. The van der Waals surface area contributed by atoms with Gasteiger partial charge >= 0.3 is 0 Å². The lowest BCUT2D eigenvalue weighted by atomic mass is 10.2. The van der Waals surface area contributed by atoms with E-state index in [0.717, 1.165) is 11.1 Å². The monoisotopic (exact) mass is 193 g/mol. The number of nitrogens with zero attached hydrogens (tertiary/aromatic N) is 3. The zero-order valence-corrected chi connectivity index (χ0v) is 7.86. The van der Waals surface area contributed by atoms with Crippen LogP contribution in [-0.4, -0.2) is 14.5 Å². The van der Waals surface area contributed by atoms with Crippen LogP contribution in [0.2, 0.25) is 5.15 Å². The number of hydrogen-bond acceptors (Lipinski definition) is 2. The maximum atomic E-state index is 5.90. The van der Waals surface area contributed by atoms with Gasteiger partial charge in [-0.2, -0.15) is 0 Å². The first-order valence-corrected chi connectivity index (χ1v) is 4.22. The fourth-order valence-corrected chi connectivity index (χ4v) is 1.31. The summed E-state index contributed by atoms with van der Waals surface area (Å²) in [4.78, 5) is 7.87. The molecule has 0 N–H and O–H groups in total. The Morgan fingerprint density at radius 1 is 1.23 bits per heavy atom. The van der Waals surface area contributed by atoms with Crippen molar-refractivity contribution in [2.75, 3.05) is 0 Å². The minimum Gasteiger partial charge on any atom is -0.341 e. The average molecular weight is 194 g/mol. The molecule has 0 radical (unpaired) electrons. The number of hydrogen-bond donors (Lipinski definition) is 0. The molecule has 0 atom stereocenters. The van der Waals surface area contributed by atoms with Crippen LogP contribution in [-0.2, 0) is 7.05 Å². The molecule has 0 saturated heterocycles. The van der Waals surface area contributed by atoms with Crippen LogP contribution in [0.4, 0.5) is 0 Å². The third-order valence-corrected chi connectivity index (χ3v) is 2.21. The van der Waals surface area contributed by atoms with E-state index < -0.39 is 0 Å². The predicted octanol–water partition coefficient (Wildman–Crippen LogP) is 2.14. The second-order valence-corrected chi connectivity index (χ2v) is 3.18. The lowest BCUT2D eigenvalue weighted by Gasteiger charge is -1.93. The van der Waals surface area contributed by atoms with E-state index in [4.69, 9.17) is 11.6 Å². The van der Waals surface area contributed by atoms with Gasteiger partial charge in [-0.1, -0.05) is 11.6 Å². The molecule has 2 rings (SSSR count). The van der Waals surface area contributed by atoms with Crippen molar-refractivity contribution in [3.05, 3.63) is 36.1 Å². The Hall–Kier alpha value is -1.35. The molecular weight excluding hydrogens is 186 g/mol. The van der Waals surface area contributed by atoms with Crippen LogP contribution in [0.3, 0.4) is 0 Å². The van der Waals surface area contributed by atoms with Gasteiger partial charge in [-0.3, -0.25) is 0 Å². The van der Waals surface area contributed by atoms with E-state index in [2.05, 4.69) is 9.97 Å². The third kappa shape index (κ3) is 1.55. The predicted molar refractivity (Wildman–Crippen MR) is 51.4 cm³/mol. The van der Waals surface area contributed by atoms with E-state index in [1.807, 2.05) is 23.9 Å². The van der Waals surface area contributed by atoms with Crippen molar-refractivity contribution in [1.82, 2.24) is 14.5 Å². The molecule has 4 heteroatoms. The van der Waals surface area contributed by atoms with Crippen molar-refractivity contribution < 1.29 is 0 Å². The van der Waals surface area contributed by atoms with Crippen molar-refractivity contribution in [3.63, 3.8) is 0 Å². The molecule has 0 aromatic carbocycles. The lowest BCUT2D eigenvalue weighted by Crippen LogP contribution is -1.82. The maximum Gasteiger partial charge on any atom is 0.115 e. The van der Waals surface area contributed by atoms with Gasteiger partial charge in [0.05, 0.1) is 0 Å². The largest absolute Gasteiger partial charge is 0.341 e. The summed E-state index contributed by atoms with van der Waals surface area (Å²) in [5.41, 5.74) is 2.01. The van der Waals surface area contributed by atoms with E-state index in [9.17, 15) is 0 Å². The standard InChI is InChI=1S/C9H8ClN3/c1-13-5-7(2-9(13)10)8-3-11-6-12-4-8/h2-6H,1H3. The molecule has 0 bridgehead atoms. The second kappa shape index (κ2) is 3.18. The van der Waals surface area contributed by atoms with Crippen LogP contribution in [0.15, 0.2) is 31.0 Å². The van der Waals surface area contributed by atoms with Crippen LogP contribution < -0.4 is 0 Å². The van der Waals surface area contributed by atoms with Gasteiger partial charge in [0.25, 0.3) is 0 Å². The van der Waals surface area contributed by atoms with Crippen molar-refractivity contribution in [2.45, 2.75) is 0 Å². The zero-order chi connectivity index (χ0) is 9.26. The quantitative estimate of drug-likeness (QED) is 0.695. The van der Waals surface area contributed by atoms with Crippen LogP contribution in [0.5, 0.6) is 0 Å². The second-order valence-electron chi connectivity index (χ2n) is 2.79. The van der Waals surface area contributed by atoms with E-state index in [-0.39, 0.29) is 0 Å². The molecule has 0 fully saturated rings. The highest BCUT2D eigenvalue weighted by Gasteiger charge is 2.02. The van der Waals surface area contributed by atoms with Gasteiger partial charge in [-0.05, 0) is 6.07 Å². The Bertz CT molecular complexity index is 389. The highest BCUT2D eigenvalue weighted by molar-refractivity contribution is 6.30. The van der Waals surface area contributed by atoms with Crippen molar-refractivity contribution in [1.29, 1.82) is 0 Å². The number of halogens is 1. The molecule has 66 valence electrons. The maximum absolute atomic E-state index is 5.90. The molecule has 0 saturated carbocycles. The van der Waals surface area contributed by atoms with E-state index in [0.29, 0.717) is 5.15 Å². The molecule has 0 spiro atoms. The molecule has 2 heterocycles. The Kier molecular flexibility index (Phi) is 2.02. The number of aryl methyl sites for hydroxylation is 1. The highest BCUT2D eigenvalue weighted by Crippen LogP contribution is 2.22. The minimum atomic E-state index is 0.707. The van der Waals surface area contributed by atoms with Crippen LogP contribution in [0.1, 0.15) is 0 Å². The van der Waals surface area contributed by atoms with Gasteiger partial charge in [0.2, 0.25) is 0 Å². The van der Waals surface area contributed by atoms with Gasteiger partial charge in [-0.15, -0.1) is 0 Å². The summed E-state index contributed by atoms with van der Waals surface area (Å²) >= 11 is 5.90. The molecule has 2 aromatic heterocycles. The van der Waals surface area contributed by atoms with Crippen molar-refractivity contribution >= 4 is 11.6 Å². The van der Waals surface area contributed by atoms with Crippen molar-refractivity contribution in [3.8, 4) is 11.1 Å². The highest BCUT2D eigenvalue weighted by atomic mass is 35.5. The van der Waals surface area contributed by atoms with Crippen LogP contribution in [0, 0.1) is 0 Å². The first kappa shape index (κ1) is 8.26. The van der Waals surface area contributed by atoms with Gasteiger partial charge in [0.15, 0.2) is 0 Å². The summed E-state index contributed by atoms with van der Waals surface area (Å²) < 4.78 is 1.85. The van der Waals surface area contributed by atoms with Gasteiger partial charge in [0.1, 0.15) is 11.5 Å². The van der Waals surface area contributed by atoms with Gasteiger partial charge < -0.3 is 4.57 Å². The lowest BCUT2D eigenvalue weighted by molar-refractivity contribution is 0.929. The summed E-state index contributed by atoms with van der Waals surface area (Å²) in [6.45, 7) is 0. The number of aromatic nitrogens is 3. The van der Waals surface area contributed by atoms with Gasteiger partial charge in [-0.25, -0.2) is 9.97 Å². The topological polar surface area (TPSA) is 30.7 Å². The Labute approximate surface area is 81.0 Å². The Morgan fingerprint density at radius 2 is 1.92 bits per heavy atom. The smallest absolute Gasteiger partial charge is 0.115 e. The van der Waals surface area contributed by atoms with Crippen molar-refractivity contribution in [2.24, 2.45) is 7.05 Å². The van der Waals surface area contributed by atoms with Crippen LogP contribution in [0.25, 0.3) is 11.1 Å². The summed E-state index contributed by atoms with van der Waals surface area (Å²) in [6, 6.07) is 1.89. The SMILES string of the molecule is Cn1cc(-c2cncnc2)cc1Cl. The molecule has 0 aliphatic carbocycles. The third-order valence-electron chi connectivity index (χ3n) is 1.84. The van der Waals surface area contributed by atoms with Crippen LogP contribution >= 0.6 is 11.6 Å². The minimum absolute atomic E-state index is 0.707. The normalized spacial score (nSPS) is 10.3. The molecule has 0 amide bonds. The van der Waals surface area contributed by atoms with Gasteiger partial charge in [0, 0.05) is 36.8 Å². The first-order valence-electron chi connectivity index (χ1n) is 3.84. The van der Waals surface area contributed by atoms with E-state index in [1.54, 1.807) is 12.4 Å². The average Bonchev–Trinajstić information content (AvgIpc) is 2.49. The van der Waals surface area contributed by atoms with E-state index >= 15 is 0 Å². The first-order chi connectivity index (χ1) is 6.27. The molecule has 2 aromatic rings. The molecule has 3 nitrogen and oxygen atoms in total. The molecule has 13 heavy (non-hydrogen) atoms. The fraction of sp³-hybridized carbons (Fsp3) is 0.111. The number of rotatable bonds is 1. The fourth-order valence-electron chi connectivity index (χ4n) is 1.14.